The first kappa shape index (κ1) is 16.1. The van der Waals surface area contributed by atoms with Gasteiger partial charge in [-0.05, 0) is 25.5 Å². The first-order valence-corrected chi connectivity index (χ1v) is 6.86. The van der Waals surface area contributed by atoms with Crippen LogP contribution in [0.3, 0.4) is 0 Å². The van der Waals surface area contributed by atoms with Gasteiger partial charge in [-0.2, -0.15) is 0 Å². The van der Waals surface area contributed by atoms with Crippen molar-refractivity contribution in [2.45, 2.75) is 32.7 Å². The molecule has 0 aliphatic carbocycles. The maximum Gasteiger partial charge on any atom is 0.239 e. The second-order valence-electron chi connectivity index (χ2n) is 4.68. The van der Waals surface area contributed by atoms with E-state index in [2.05, 4.69) is 17.6 Å². The lowest BCUT2D eigenvalue weighted by Gasteiger charge is -2.15. The molecule has 0 bridgehead atoms. The summed E-state index contributed by atoms with van der Waals surface area (Å²) in [6.07, 6.45) is 2.04. The summed E-state index contributed by atoms with van der Waals surface area (Å²) in [5.74, 6) is 1.34. The number of rotatable bonds is 8. The molecule has 0 fully saturated rings. The molecule has 0 spiro atoms. The Morgan fingerprint density at radius 1 is 1.30 bits per heavy atom. The highest BCUT2D eigenvalue weighted by Gasteiger charge is 2.09. The quantitative estimate of drug-likeness (QED) is 0.768. The molecule has 0 heterocycles. The van der Waals surface area contributed by atoms with Gasteiger partial charge in [0.1, 0.15) is 11.5 Å². The monoisotopic (exact) mass is 280 g/mol. The van der Waals surface area contributed by atoms with E-state index in [-0.39, 0.29) is 18.5 Å². The van der Waals surface area contributed by atoms with Crippen LogP contribution in [0, 0.1) is 0 Å². The maximum atomic E-state index is 11.8. The average Bonchev–Trinajstić information content (AvgIpc) is 2.45. The Kier molecular flexibility index (Phi) is 6.70. The highest BCUT2D eigenvalue weighted by atomic mass is 16.5. The Balaban J connectivity index is 2.54. The summed E-state index contributed by atoms with van der Waals surface area (Å²) in [7, 11) is 3.19. The van der Waals surface area contributed by atoms with E-state index in [1.54, 1.807) is 20.3 Å². The summed E-state index contributed by atoms with van der Waals surface area (Å²) in [6, 6.07) is 5.63. The van der Waals surface area contributed by atoms with Crippen molar-refractivity contribution in [2.24, 2.45) is 0 Å². The summed E-state index contributed by atoms with van der Waals surface area (Å²) in [6.45, 7) is 4.33. The molecule has 1 rings (SSSR count). The number of benzene rings is 1. The van der Waals surface area contributed by atoms with Crippen LogP contribution in [0.4, 0.5) is 5.69 Å². The molecule has 2 N–H and O–H groups in total. The zero-order valence-corrected chi connectivity index (χ0v) is 12.7. The second-order valence-corrected chi connectivity index (χ2v) is 4.68. The number of carbonyl (C=O) groups is 1. The van der Waals surface area contributed by atoms with Crippen LogP contribution in [-0.2, 0) is 4.79 Å². The summed E-state index contributed by atoms with van der Waals surface area (Å²) < 4.78 is 10.4. The highest BCUT2D eigenvalue weighted by Crippen LogP contribution is 2.28. The summed E-state index contributed by atoms with van der Waals surface area (Å²) in [5.41, 5.74) is 0.770. The fourth-order valence-corrected chi connectivity index (χ4v) is 1.95. The molecule has 20 heavy (non-hydrogen) atoms. The van der Waals surface area contributed by atoms with Crippen molar-refractivity contribution in [1.29, 1.82) is 0 Å². The molecule has 1 atom stereocenters. The minimum absolute atomic E-state index is 0.0242. The number of nitrogens with one attached hydrogen (secondary N) is 2. The molecule has 0 aromatic heterocycles. The number of hydrogen-bond acceptors (Lipinski definition) is 4. The molecule has 5 heteroatoms. The van der Waals surface area contributed by atoms with Gasteiger partial charge in [-0.1, -0.05) is 13.3 Å². The lowest BCUT2D eigenvalue weighted by atomic mass is 10.2. The molecule has 1 aromatic carbocycles. The number of methoxy groups -OCH3 is 2. The van der Waals surface area contributed by atoms with Crippen LogP contribution < -0.4 is 20.1 Å². The number of carbonyl (C=O) groups excluding carboxylic acids is 1. The van der Waals surface area contributed by atoms with E-state index in [9.17, 15) is 4.79 Å². The summed E-state index contributed by atoms with van der Waals surface area (Å²) in [5, 5.41) is 6.01. The third-order valence-electron chi connectivity index (χ3n) is 2.98. The topological polar surface area (TPSA) is 59.6 Å². The van der Waals surface area contributed by atoms with Crippen molar-refractivity contribution in [3.8, 4) is 11.5 Å². The first-order chi connectivity index (χ1) is 9.60. The van der Waals surface area contributed by atoms with Crippen LogP contribution in [0.2, 0.25) is 0 Å². The Bertz CT molecular complexity index is 435. The summed E-state index contributed by atoms with van der Waals surface area (Å²) >= 11 is 0. The van der Waals surface area contributed by atoms with Crippen LogP contribution in [0.25, 0.3) is 0 Å². The predicted octanol–water partition coefficient (Wildman–Crippen LogP) is 2.42. The van der Waals surface area contributed by atoms with Gasteiger partial charge >= 0.3 is 0 Å². The van der Waals surface area contributed by atoms with E-state index < -0.39 is 0 Å². The Morgan fingerprint density at radius 3 is 2.65 bits per heavy atom. The molecular formula is C15H24N2O3. The highest BCUT2D eigenvalue weighted by molar-refractivity contribution is 5.81. The molecule has 0 aliphatic rings. The van der Waals surface area contributed by atoms with Crippen LogP contribution in [0.1, 0.15) is 26.7 Å². The van der Waals surface area contributed by atoms with E-state index in [0.29, 0.717) is 11.5 Å². The lowest BCUT2D eigenvalue weighted by Crippen LogP contribution is -2.36. The summed E-state index contributed by atoms with van der Waals surface area (Å²) in [4.78, 5) is 11.8. The van der Waals surface area contributed by atoms with E-state index >= 15 is 0 Å². The molecule has 5 nitrogen and oxygen atoms in total. The van der Waals surface area contributed by atoms with Crippen molar-refractivity contribution in [3.63, 3.8) is 0 Å². The van der Waals surface area contributed by atoms with Gasteiger partial charge in [-0.3, -0.25) is 4.79 Å². The predicted molar refractivity (Wildman–Crippen MR) is 80.5 cm³/mol. The normalized spacial score (nSPS) is 11.6. The van der Waals surface area contributed by atoms with Gasteiger partial charge in [0, 0.05) is 12.1 Å². The fraction of sp³-hybridized carbons (Fsp3) is 0.533. The van der Waals surface area contributed by atoms with Crippen molar-refractivity contribution in [1.82, 2.24) is 5.32 Å². The number of amides is 1. The van der Waals surface area contributed by atoms with E-state index in [1.165, 1.54) is 0 Å². The third-order valence-corrected chi connectivity index (χ3v) is 2.98. The van der Waals surface area contributed by atoms with Crippen molar-refractivity contribution in [3.05, 3.63) is 18.2 Å². The van der Waals surface area contributed by atoms with Gasteiger partial charge in [-0.15, -0.1) is 0 Å². The number of anilines is 1. The Labute approximate surface area is 120 Å². The third kappa shape index (κ3) is 4.99. The zero-order valence-electron chi connectivity index (χ0n) is 12.7. The van der Waals surface area contributed by atoms with Crippen molar-refractivity contribution in [2.75, 3.05) is 26.1 Å². The lowest BCUT2D eigenvalue weighted by molar-refractivity contribution is -0.120. The molecule has 1 amide bonds. The molecule has 112 valence electrons. The van der Waals surface area contributed by atoms with E-state index in [0.717, 1.165) is 18.5 Å². The largest absolute Gasteiger partial charge is 0.497 e. The minimum atomic E-state index is -0.0242. The molecule has 0 radical (unpaired) electrons. The average molecular weight is 280 g/mol. The first-order valence-electron chi connectivity index (χ1n) is 6.86. The van der Waals surface area contributed by atoms with E-state index in [4.69, 9.17) is 9.47 Å². The Hall–Kier alpha value is -1.91. The fourth-order valence-electron chi connectivity index (χ4n) is 1.95. The number of hydrogen-bond donors (Lipinski definition) is 2. The van der Waals surface area contributed by atoms with Gasteiger partial charge in [0.05, 0.1) is 26.5 Å². The van der Waals surface area contributed by atoms with Gasteiger partial charge in [0.25, 0.3) is 0 Å². The van der Waals surface area contributed by atoms with Gasteiger partial charge in [-0.25, -0.2) is 0 Å². The zero-order chi connectivity index (χ0) is 15.0. The molecule has 0 aliphatic heterocycles. The molecule has 1 unspecified atom stereocenters. The Morgan fingerprint density at radius 2 is 2.05 bits per heavy atom. The second kappa shape index (κ2) is 8.30. The van der Waals surface area contributed by atoms with Crippen LogP contribution in [-0.4, -0.2) is 32.7 Å². The maximum absolute atomic E-state index is 11.8. The van der Waals surface area contributed by atoms with Crippen molar-refractivity contribution < 1.29 is 14.3 Å². The van der Waals surface area contributed by atoms with Gasteiger partial charge < -0.3 is 20.1 Å². The van der Waals surface area contributed by atoms with E-state index in [1.807, 2.05) is 19.1 Å². The van der Waals surface area contributed by atoms with Crippen LogP contribution in [0.15, 0.2) is 18.2 Å². The van der Waals surface area contributed by atoms with Crippen LogP contribution >= 0.6 is 0 Å². The molecular weight excluding hydrogens is 256 g/mol. The SMILES string of the molecule is CCCC(C)NC(=O)CNc1ccc(OC)cc1OC. The van der Waals surface area contributed by atoms with Gasteiger partial charge in [0.15, 0.2) is 0 Å². The number of ether oxygens (including phenoxy) is 2. The smallest absolute Gasteiger partial charge is 0.239 e. The standard InChI is InChI=1S/C15H24N2O3/c1-5-6-11(2)17-15(18)10-16-13-8-7-12(19-3)9-14(13)20-4/h7-9,11,16H,5-6,10H2,1-4H3,(H,17,18). The van der Waals surface area contributed by atoms with Crippen molar-refractivity contribution >= 4 is 11.6 Å². The molecule has 0 saturated carbocycles. The molecule has 1 aromatic rings. The van der Waals surface area contributed by atoms with Gasteiger partial charge in [0.2, 0.25) is 5.91 Å². The van der Waals surface area contributed by atoms with Crippen LogP contribution in [0.5, 0.6) is 11.5 Å². The molecule has 0 saturated heterocycles. The minimum Gasteiger partial charge on any atom is -0.497 e.